The third kappa shape index (κ3) is 4.76. The molecule has 3 aromatic heterocycles. The van der Waals surface area contributed by atoms with E-state index in [1.165, 1.54) is 6.20 Å². The third-order valence-corrected chi connectivity index (χ3v) is 6.65. The number of anilines is 1. The molecule has 12 heteroatoms. The Morgan fingerprint density at radius 1 is 1.26 bits per heavy atom. The number of hydrogen-bond acceptors (Lipinski definition) is 7. The Bertz CT molecular complexity index is 1190. The summed E-state index contributed by atoms with van der Waals surface area (Å²) in [4.78, 5) is 27.1. The van der Waals surface area contributed by atoms with Crippen LogP contribution in [0.4, 0.5) is 15.0 Å². The minimum absolute atomic E-state index is 0.00761. The number of hydrogen-bond donors (Lipinski definition) is 3. The molecule has 3 atom stereocenters. The van der Waals surface area contributed by atoms with Crippen LogP contribution in [0.15, 0.2) is 18.5 Å². The molecule has 3 N–H and O–H groups in total. The van der Waals surface area contributed by atoms with Crippen molar-refractivity contribution in [1.29, 1.82) is 0 Å². The topological polar surface area (TPSA) is 121 Å². The molecular formula is C22H26ClFN8O2. The number of aromatic amines is 1. The lowest BCUT2D eigenvalue weighted by Gasteiger charge is -2.32. The molecule has 2 amide bonds. The van der Waals surface area contributed by atoms with Gasteiger partial charge in [-0.15, -0.1) is 0 Å². The van der Waals surface area contributed by atoms with Gasteiger partial charge in [0.1, 0.15) is 5.69 Å². The fraction of sp³-hybridized carbons (Fsp3) is 0.500. The van der Waals surface area contributed by atoms with Crippen molar-refractivity contribution in [2.24, 2.45) is 0 Å². The highest BCUT2D eigenvalue weighted by Crippen LogP contribution is 2.28. The highest BCUT2D eigenvalue weighted by atomic mass is 35.5. The summed E-state index contributed by atoms with van der Waals surface area (Å²) in [6, 6.07) is 1.62. The summed E-state index contributed by atoms with van der Waals surface area (Å²) in [7, 11) is 1.67. The molecule has 4 heterocycles. The number of carbonyl (C=O) groups is 1. The van der Waals surface area contributed by atoms with Gasteiger partial charge in [-0.3, -0.25) is 5.10 Å². The van der Waals surface area contributed by atoms with E-state index >= 15 is 0 Å². The van der Waals surface area contributed by atoms with E-state index < -0.39 is 5.82 Å². The molecule has 1 unspecified atom stereocenters. The van der Waals surface area contributed by atoms with E-state index in [2.05, 4.69) is 35.8 Å². The third-order valence-electron chi connectivity index (χ3n) is 6.45. The number of rotatable bonds is 5. The fourth-order valence-electron chi connectivity index (χ4n) is 4.65. The molecule has 2 aliphatic rings. The van der Waals surface area contributed by atoms with Crippen molar-refractivity contribution in [2.45, 2.75) is 50.3 Å². The molecule has 34 heavy (non-hydrogen) atoms. The second-order valence-corrected chi connectivity index (χ2v) is 9.20. The molecule has 1 saturated carbocycles. The summed E-state index contributed by atoms with van der Waals surface area (Å²) in [5.41, 5.74) is 0.990. The van der Waals surface area contributed by atoms with Crippen molar-refractivity contribution in [1.82, 2.24) is 35.4 Å². The fourth-order valence-corrected chi connectivity index (χ4v) is 4.81. The number of nitrogens with one attached hydrogen (secondary N) is 3. The van der Waals surface area contributed by atoms with Gasteiger partial charge in [-0.1, -0.05) is 11.6 Å². The van der Waals surface area contributed by atoms with Crippen molar-refractivity contribution < 1.29 is 13.9 Å². The van der Waals surface area contributed by atoms with Gasteiger partial charge in [-0.05, 0) is 38.2 Å². The van der Waals surface area contributed by atoms with Crippen molar-refractivity contribution in [3.8, 4) is 11.5 Å². The second kappa shape index (κ2) is 9.67. The smallest absolute Gasteiger partial charge is 0.317 e. The van der Waals surface area contributed by atoms with E-state index in [-0.39, 0.29) is 35.9 Å². The van der Waals surface area contributed by atoms with Crippen LogP contribution in [0.1, 0.15) is 32.1 Å². The molecule has 1 saturated heterocycles. The Balaban J connectivity index is 1.27. The summed E-state index contributed by atoms with van der Waals surface area (Å²) < 4.78 is 19.9. The number of H-pyrrole nitrogens is 1. The number of halogens is 2. The number of likely N-dealkylation sites (tertiary alicyclic amines) is 1. The van der Waals surface area contributed by atoms with Crippen LogP contribution in [0.25, 0.3) is 22.6 Å². The van der Waals surface area contributed by atoms with Crippen LogP contribution >= 0.6 is 11.6 Å². The van der Waals surface area contributed by atoms with Crippen molar-refractivity contribution in [3.63, 3.8) is 0 Å². The maximum absolute atomic E-state index is 14.6. The Labute approximate surface area is 200 Å². The molecule has 10 nitrogen and oxygen atoms in total. The summed E-state index contributed by atoms with van der Waals surface area (Å²) in [6.45, 7) is 1.30. The summed E-state index contributed by atoms with van der Waals surface area (Å²) in [5.74, 6) is -0.175. The maximum atomic E-state index is 14.6. The van der Waals surface area contributed by atoms with E-state index in [1.54, 1.807) is 18.1 Å². The molecule has 0 spiro atoms. The Kier molecular flexibility index (Phi) is 6.46. The van der Waals surface area contributed by atoms with E-state index in [4.69, 9.17) is 16.3 Å². The van der Waals surface area contributed by atoms with Crippen molar-refractivity contribution >= 4 is 34.5 Å². The zero-order valence-corrected chi connectivity index (χ0v) is 19.5. The van der Waals surface area contributed by atoms with Crippen molar-refractivity contribution in [2.75, 3.05) is 25.5 Å². The average Bonchev–Trinajstić information content (AvgIpc) is 3.48. The number of ether oxygens (including phenoxy) is 1. The number of methoxy groups -OCH3 is 1. The Morgan fingerprint density at radius 3 is 2.94 bits per heavy atom. The molecule has 0 aromatic carbocycles. The number of pyridine rings is 1. The first kappa shape index (κ1) is 22.7. The van der Waals surface area contributed by atoms with Crippen LogP contribution < -0.4 is 10.6 Å². The van der Waals surface area contributed by atoms with E-state index in [9.17, 15) is 9.18 Å². The zero-order valence-electron chi connectivity index (χ0n) is 18.7. The van der Waals surface area contributed by atoms with Gasteiger partial charge in [-0.2, -0.15) is 5.10 Å². The average molecular weight is 489 g/mol. The molecule has 1 aliphatic heterocycles. The van der Waals surface area contributed by atoms with Crippen LogP contribution in [0.3, 0.4) is 0 Å². The minimum Gasteiger partial charge on any atom is -0.380 e. The van der Waals surface area contributed by atoms with Crippen LogP contribution in [0, 0.1) is 5.82 Å². The lowest BCUT2D eigenvalue weighted by molar-refractivity contribution is 0.110. The van der Waals surface area contributed by atoms with Gasteiger partial charge in [0.15, 0.2) is 23.1 Å². The molecule has 0 bridgehead atoms. The summed E-state index contributed by atoms with van der Waals surface area (Å²) >= 11 is 6.07. The largest absolute Gasteiger partial charge is 0.380 e. The van der Waals surface area contributed by atoms with Gasteiger partial charge in [0.2, 0.25) is 0 Å². The SMILES string of the molecule is COC1CCN(C(=O)N[C@@H]2CCC[C@H](Nc3nc(-c4n[nH]c5ncc(Cl)cc45)ncc3F)C2)C1. The second-order valence-electron chi connectivity index (χ2n) is 8.76. The van der Waals surface area contributed by atoms with E-state index in [0.29, 0.717) is 41.3 Å². The summed E-state index contributed by atoms with van der Waals surface area (Å²) in [6.07, 6.45) is 6.92. The van der Waals surface area contributed by atoms with Crippen molar-refractivity contribution in [3.05, 3.63) is 29.3 Å². The van der Waals surface area contributed by atoms with Crippen LogP contribution in [0.5, 0.6) is 0 Å². The number of aromatic nitrogens is 5. The van der Waals surface area contributed by atoms with Gasteiger partial charge >= 0.3 is 6.03 Å². The molecular weight excluding hydrogens is 463 g/mol. The lowest BCUT2D eigenvalue weighted by atomic mass is 9.91. The number of nitrogens with zero attached hydrogens (tertiary/aromatic N) is 5. The van der Waals surface area contributed by atoms with Gasteiger partial charge < -0.3 is 20.3 Å². The lowest BCUT2D eigenvalue weighted by Crippen LogP contribution is -2.47. The predicted octanol–water partition coefficient (Wildman–Crippen LogP) is 3.36. The number of amides is 2. The highest BCUT2D eigenvalue weighted by molar-refractivity contribution is 6.31. The first-order valence-electron chi connectivity index (χ1n) is 11.4. The van der Waals surface area contributed by atoms with Crippen LogP contribution in [-0.2, 0) is 4.74 Å². The van der Waals surface area contributed by atoms with Crippen LogP contribution in [-0.4, -0.2) is 74.5 Å². The minimum atomic E-state index is -0.548. The maximum Gasteiger partial charge on any atom is 0.317 e. The number of fused-ring (bicyclic) bond motifs is 1. The standard InChI is InChI=1S/C22H26ClFN8O2/c1-34-15-5-6-32(11-15)22(33)28-14-4-2-3-13(8-14)27-20-17(24)10-26-21(29-20)18-16-7-12(23)9-25-19(16)31-30-18/h7,9-10,13-15H,2-6,8,11H2,1H3,(H,28,33)(H,25,30,31)(H,26,27,29)/t13-,14+,15?/m0/s1. The molecule has 3 aromatic rings. The normalized spacial score (nSPS) is 22.8. The first-order valence-corrected chi connectivity index (χ1v) is 11.7. The quantitative estimate of drug-likeness (QED) is 0.503. The molecule has 0 radical (unpaired) electrons. The molecule has 1 aliphatic carbocycles. The Hall–Kier alpha value is -3.05. The summed E-state index contributed by atoms with van der Waals surface area (Å²) in [5, 5.41) is 14.5. The monoisotopic (exact) mass is 488 g/mol. The molecule has 180 valence electrons. The number of carbonyl (C=O) groups excluding carboxylic acids is 1. The first-order chi connectivity index (χ1) is 16.5. The number of urea groups is 1. The highest BCUT2D eigenvalue weighted by Gasteiger charge is 2.30. The van der Waals surface area contributed by atoms with Gasteiger partial charge in [0, 0.05) is 38.5 Å². The predicted molar refractivity (Wildman–Crippen MR) is 125 cm³/mol. The molecule has 5 rings (SSSR count). The Morgan fingerprint density at radius 2 is 2.12 bits per heavy atom. The van der Waals surface area contributed by atoms with Crippen LogP contribution in [0.2, 0.25) is 5.02 Å². The molecule has 2 fully saturated rings. The van der Waals surface area contributed by atoms with Gasteiger partial charge in [-0.25, -0.2) is 24.1 Å². The van der Waals surface area contributed by atoms with Gasteiger partial charge in [0.25, 0.3) is 0 Å². The zero-order chi connectivity index (χ0) is 23.7. The van der Waals surface area contributed by atoms with E-state index in [0.717, 1.165) is 31.9 Å². The van der Waals surface area contributed by atoms with Gasteiger partial charge in [0.05, 0.1) is 22.7 Å². The van der Waals surface area contributed by atoms with E-state index in [1.807, 2.05) is 0 Å².